The second-order valence-corrected chi connectivity index (χ2v) is 11.7. The van der Waals surface area contributed by atoms with E-state index in [9.17, 15) is 22.8 Å². The highest BCUT2D eigenvalue weighted by molar-refractivity contribution is 5.98. The monoisotopic (exact) mass is 533 g/mol. The maximum absolute atomic E-state index is 14.0. The van der Waals surface area contributed by atoms with Crippen LogP contribution in [0.15, 0.2) is 24.3 Å². The van der Waals surface area contributed by atoms with Gasteiger partial charge in [-0.3, -0.25) is 9.59 Å². The zero-order chi connectivity index (χ0) is 27.8. The van der Waals surface area contributed by atoms with Crippen LogP contribution in [-0.4, -0.2) is 53.1 Å². The van der Waals surface area contributed by atoms with Crippen LogP contribution in [0.1, 0.15) is 84.8 Å². The van der Waals surface area contributed by atoms with Crippen molar-refractivity contribution in [1.82, 2.24) is 14.8 Å². The first-order chi connectivity index (χ1) is 17.8. The van der Waals surface area contributed by atoms with Crippen molar-refractivity contribution in [3.63, 3.8) is 0 Å². The lowest BCUT2D eigenvalue weighted by Gasteiger charge is -2.32. The molecule has 6 nitrogen and oxygen atoms in total. The van der Waals surface area contributed by atoms with E-state index in [0.29, 0.717) is 42.6 Å². The maximum Gasteiger partial charge on any atom is 0.416 e. The Morgan fingerprint density at radius 1 is 1.05 bits per heavy atom. The molecule has 2 heterocycles. The number of nitrogens with zero attached hydrogens (tertiary/aromatic N) is 2. The lowest BCUT2D eigenvalue weighted by Crippen LogP contribution is -2.48. The zero-order valence-corrected chi connectivity index (χ0v) is 22.9. The lowest BCUT2D eigenvalue weighted by atomic mass is 9.89. The Bertz CT molecular complexity index is 1190. The van der Waals surface area contributed by atoms with E-state index in [-0.39, 0.29) is 23.1 Å². The van der Waals surface area contributed by atoms with E-state index >= 15 is 0 Å². The summed E-state index contributed by atoms with van der Waals surface area (Å²) in [5, 5.41) is 2.95. The number of halogens is 3. The summed E-state index contributed by atoms with van der Waals surface area (Å²) in [7, 11) is 1.59. The topological polar surface area (TPSA) is 63.6 Å². The average molecular weight is 534 g/mol. The standard InChI is InChI=1S/C29H38F3N3O3/c1-18-24(26(36)33-23-16-38-17-23)14-25(35(18)15-19-9-7-6-8-10-19)20-11-21(13-22(12-20)29(30,31)32)27(37)34(5)28(2,3)4/h11-14,19,23H,6-10,15-17H2,1-5H3,(H,33,36). The molecule has 1 aliphatic heterocycles. The third kappa shape index (κ3) is 6.08. The molecule has 1 aromatic carbocycles. The van der Waals surface area contributed by atoms with Crippen molar-refractivity contribution in [3.8, 4) is 11.3 Å². The quantitative estimate of drug-likeness (QED) is 0.491. The van der Waals surface area contributed by atoms with Gasteiger partial charge in [0, 0.05) is 36.1 Å². The van der Waals surface area contributed by atoms with Gasteiger partial charge in [0.2, 0.25) is 0 Å². The first-order valence-electron chi connectivity index (χ1n) is 13.3. The number of rotatable bonds is 6. The molecule has 2 amide bonds. The highest BCUT2D eigenvalue weighted by Crippen LogP contribution is 2.37. The SMILES string of the molecule is Cc1c(C(=O)NC2COC2)cc(-c2cc(C(=O)N(C)C(C)(C)C)cc(C(F)(F)F)c2)n1CC1CCCCC1. The smallest absolute Gasteiger partial charge is 0.377 e. The molecule has 38 heavy (non-hydrogen) atoms. The number of amides is 2. The molecule has 1 saturated carbocycles. The molecule has 1 saturated heterocycles. The molecule has 1 aromatic heterocycles. The van der Waals surface area contributed by atoms with Crippen LogP contribution in [0.3, 0.4) is 0 Å². The van der Waals surface area contributed by atoms with Crippen molar-refractivity contribution in [3.05, 3.63) is 46.6 Å². The van der Waals surface area contributed by atoms with E-state index in [1.165, 1.54) is 17.4 Å². The number of nitrogens with one attached hydrogen (secondary N) is 1. The van der Waals surface area contributed by atoms with Crippen molar-refractivity contribution in [1.29, 1.82) is 0 Å². The molecular weight excluding hydrogens is 495 g/mol. The fourth-order valence-corrected chi connectivity index (χ4v) is 5.12. The summed E-state index contributed by atoms with van der Waals surface area (Å²) < 4.78 is 49.2. The predicted molar refractivity (Wildman–Crippen MR) is 140 cm³/mol. The summed E-state index contributed by atoms with van der Waals surface area (Å²) in [4.78, 5) is 27.9. The van der Waals surface area contributed by atoms with Crippen molar-refractivity contribution in [2.75, 3.05) is 20.3 Å². The molecule has 1 N–H and O–H groups in total. The highest BCUT2D eigenvalue weighted by atomic mass is 19.4. The third-order valence-corrected chi connectivity index (χ3v) is 7.86. The third-order valence-electron chi connectivity index (χ3n) is 7.86. The lowest BCUT2D eigenvalue weighted by molar-refractivity contribution is -0.137. The van der Waals surface area contributed by atoms with E-state index < -0.39 is 23.2 Å². The van der Waals surface area contributed by atoms with Gasteiger partial charge < -0.3 is 19.5 Å². The summed E-state index contributed by atoms with van der Waals surface area (Å²) in [5.41, 5.74) is 0.436. The van der Waals surface area contributed by atoms with Crippen molar-refractivity contribution < 1.29 is 27.5 Å². The fourth-order valence-electron chi connectivity index (χ4n) is 5.12. The van der Waals surface area contributed by atoms with Crippen LogP contribution in [0.5, 0.6) is 0 Å². The van der Waals surface area contributed by atoms with Crippen molar-refractivity contribution in [2.45, 2.75) is 84.1 Å². The second kappa shape index (κ2) is 10.8. The molecule has 0 radical (unpaired) electrons. The zero-order valence-electron chi connectivity index (χ0n) is 22.9. The number of ether oxygens (including phenoxy) is 1. The molecule has 4 rings (SSSR count). The average Bonchev–Trinajstić information content (AvgIpc) is 3.15. The van der Waals surface area contributed by atoms with Gasteiger partial charge in [-0.2, -0.15) is 13.2 Å². The normalized spacial score (nSPS) is 17.3. The van der Waals surface area contributed by atoms with Crippen LogP contribution in [0.2, 0.25) is 0 Å². The van der Waals surface area contributed by atoms with Gasteiger partial charge in [-0.25, -0.2) is 0 Å². The van der Waals surface area contributed by atoms with Gasteiger partial charge in [0.15, 0.2) is 0 Å². The summed E-state index contributed by atoms with van der Waals surface area (Å²) in [5.74, 6) is -0.381. The summed E-state index contributed by atoms with van der Waals surface area (Å²) >= 11 is 0. The molecule has 0 bridgehead atoms. The minimum absolute atomic E-state index is 0.0343. The minimum Gasteiger partial charge on any atom is -0.377 e. The number of carbonyl (C=O) groups is 2. The minimum atomic E-state index is -4.63. The first-order valence-corrected chi connectivity index (χ1v) is 13.3. The predicted octanol–water partition coefficient (Wildman–Crippen LogP) is 6.06. The van der Waals surface area contributed by atoms with Gasteiger partial charge in [-0.15, -0.1) is 0 Å². The molecule has 2 aliphatic rings. The van der Waals surface area contributed by atoms with Crippen LogP contribution in [0, 0.1) is 12.8 Å². The number of carbonyl (C=O) groups excluding carboxylic acids is 2. The van der Waals surface area contributed by atoms with E-state index in [0.717, 1.165) is 37.8 Å². The van der Waals surface area contributed by atoms with Crippen LogP contribution in [0.4, 0.5) is 13.2 Å². The van der Waals surface area contributed by atoms with Crippen molar-refractivity contribution in [2.24, 2.45) is 5.92 Å². The Morgan fingerprint density at radius 3 is 2.26 bits per heavy atom. The Morgan fingerprint density at radius 2 is 1.71 bits per heavy atom. The van der Waals surface area contributed by atoms with Gasteiger partial charge in [-0.1, -0.05) is 19.3 Å². The number of hydrogen-bond donors (Lipinski definition) is 1. The number of hydrogen-bond acceptors (Lipinski definition) is 3. The van der Waals surface area contributed by atoms with Gasteiger partial charge in [0.1, 0.15) is 0 Å². The van der Waals surface area contributed by atoms with Crippen molar-refractivity contribution >= 4 is 11.8 Å². The molecule has 9 heteroatoms. The van der Waals surface area contributed by atoms with Gasteiger partial charge in [0.25, 0.3) is 11.8 Å². The largest absolute Gasteiger partial charge is 0.416 e. The fraction of sp³-hybridized carbons (Fsp3) is 0.586. The Hall–Kier alpha value is -2.81. The molecule has 208 valence electrons. The molecule has 0 spiro atoms. The van der Waals surface area contributed by atoms with Crippen LogP contribution >= 0.6 is 0 Å². The molecule has 1 aliphatic carbocycles. The molecule has 2 aromatic rings. The maximum atomic E-state index is 14.0. The summed E-state index contributed by atoms with van der Waals surface area (Å²) in [6, 6.07) is 5.12. The van der Waals surface area contributed by atoms with Crippen LogP contribution < -0.4 is 5.32 Å². The van der Waals surface area contributed by atoms with E-state index in [1.807, 2.05) is 32.3 Å². The Kier molecular flexibility index (Phi) is 7.98. The van der Waals surface area contributed by atoms with E-state index in [2.05, 4.69) is 5.32 Å². The van der Waals surface area contributed by atoms with Gasteiger partial charge in [-0.05, 0) is 76.3 Å². The molecular formula is C29H38F3N3O3. The molecule has 0 atom stereocenters. The van der Waals surface area contributed by atoms with Crippen LogP contribution in [-0.2, 0) is 17.5 Å². The highest BCUT2D eigenvalue weighted by Gasteiger charge is 2.34. The van der Waals surface area contributed by atoms with Gasteiger partial charge >= 0.3 is 6.18 Å². The first kappa shape index (κ1) is 28.2. The Labute approximate surface area is 222 Å². The number of aromatic nitrogens is 1. The summed E-state index contributed by atoms with van der Waals surface area (Å²) in [6.45, 7) is 8.83. The van der Waals surface area contributed by atoms with Crippen LogP contribution in [0.25, 0.3) is 11.3 Å². The summed E-state index contributed by atoms with van der Waals surface area (Å²) in [6.07, 6.45) is 0.881. The number of alkyl halides is 3. The Balaban J connectivity index is 1.82. The second-order valence-electron chi connectivity index (χ2n) is 11.7. The number of benzene rings is 1. The van der Waals surface area contributed by atoms with E-state index in [4.69, 9.17) is 4.74 Å². The molecule has 2 fully saturated rings. The van der Waals surface area contributed by atoms with E-state index in [1.54, 1.807) is 13.1 Å². The van der Waals surface area contributed by atoms with Gasteiger partial charge in [0.05, 0.1) is 30.4 Å². The molecule has 0 unspecified atom stereocenters.